The van der Waals surface area contributed by atoms with Crippen LogP contribution in [0.2, 0.25) is 0 Å². The minimum absolute atomic E-state index is 1.05. The van der Waals surface area contributed by atoms with Crippen LogP contribution in [0, 0.1) is 0 Å². The van der Waals surface area contributed by atoms with E-state index in [1.807, 2.05) is 0 Å². The largest absolute Gasteiger partial charge is 0.254 e. The van der Waals surface area contributed by atoms with E-state index in [1.54, 1.807) is 0 Å². The van der Waals surface area contributed by atoms with E-state index in [-0.39, 0.29) is 0 Å². The molecule has 0 spiro atoms. The maximum Gasteiger partial charge on any atom is 0.254 e. The molecule has 0 radical (unpaired) electrons. The van der Waals surface area contributed by atoms with Crippen LogP contribution in [0.1, 0.15) is 12.7 Å². The number of H-pyrrole nitrogens is 1. The number of fused-ring (bicyclic) bond motifs is 1. The molecule has 2 aromatic rings. The van der Waals surface area contributed by atoms with Crippen LogP contribution in [0.15, 0.2) is 24.3 Å². The average Bonchev–Trinajstić information content (AvgIpc) is 2.44. The van der Waals surface area contributed by atoms with Gasteiger partial charge in [0.2, 0.25) is 0 Å². The number of imidazole rings is 1. The number of rotatable bonds is 1. The Labute approximate surface area is 71.8 Å². The second-order valence-corrected chi connectivity index (χ2v) is 3.00. The highest BCUT2D eigenvalue weighted by Gasteiger charge is 2.11. The fourth-order valence-electron chi connectivity index (χ4n) is 1.58. The van der Waals surface area contributed by atoms with Crippen molar-refractivity contribution in [1.82, 2.24) is 4.98 Å². The fraction of sp³-hybridized carbons (Fsp3) is 0.300. The molecule has 0 saturated heterocycles. The summed E-state index contributed by atoms with van der Waals surface area (Å²) in [6.07, 6.45) is 1.05. The Morgan fingerprint density at radius 3 is 2.75 bits per heavy atom. The van der Waals surface area contributed by atoms with Gasteiger partial charge >= 0.3 is 0 Å². The summed E-state index contributed by atoms with van der Waals surface area (Å²) in [4.78, 5) is 3.38. The summed E-state index contributed by atoms with van der Waals surface area (Å²) in [5, 5.41) is 0. The molecule has 0 aliphatic rings. The van der Waals surface area contributed by atoms with E-state index in [1.165, 1.54) is 16.9 Å². The standard InChI is InChI=1S/C10H12N2/c1-3-10-11-8-6-4-5-7-9(8)12(10)2/h4-7H,3H2,1-2H3/p+1. The lowest BCUT2D eigenvalue weighted by molar-refractivity contribution is -0.652. The van der Waals surface area contributed by atoms with Crippen molar-refractivity contribution in [3.05, 3.63) is 30.1 Å². The van der Waals surface area contributed by atoms with E-state index in [0.29, 0.717) is 0 Å². The first-order valence-electron chi connectivity index (χ1n) is 4.28. The Balaban J connectivity index is 2.78. The van der Waals surface area contributed by atoms with Crippen molar-refractivity contribution in [2.45, 2.75) is 13.3 Å². The zero-order valence-electron chi connectivity index (χ0n) is 7.46. The van der Waals surface area contributed by atoms with Gasteiger partial charge in [-0.1, -0.05) is 19.1 Å². The SMILES string of the molecule is CCc1[nH]c2ccccc2[n+]1C. The summed E-state index contributed by atoms with van der Waals surface area (Å²) in [5.74, 6) is 1.27. The van der Waals surface area contributed by atoms with Crippen LogP contribution in [-0.4, -0.2) is 4.98 Å². The summed E-state index contributed by atoms with van der Waals surface area (Å²) >= 11 is 0. The third-order valence-electron chi connectivity index (χ3n) is 2.28. The molecule has 2 nitrogen and oxygen atoms in total. The lowest BCUT2D eigenvalue weighted by atomic mass is 10.3. The molecule has 1 aromatic carbocycles. The lowest BCUT2D eigenvalue weighted by Gasteiger charge is -1.87. The van der Waals surface area contributed by atoms with E-state index in [9.17, 15) is 0 Å². The van der Waals surface area contributed by atoms with Gasteiger partial charge in [0.15, 0.2) is 11.0 Å². The molecule has 0 aliphatic heterocycles. The van der Waals surface area contributed by atoms with Crippen LogP contribution >= 0.6 is 0 Å². The van der Waals surface area contributed by atoms with Gasteiger partial charge < -0.3 is 0 Å². The number of benzene rings is 1. The number of aromatic amines is 1. The molecule has 0 unspecified atom stereocenters. The molecule has 0 bridgehead atoms. The lowest BCUT2D eigenvalue weighted by Crippen LogP contribution is -2.31. The van der Waals surface area contributed by atoms with Gasteiger partial charge in [0.05, 0.1) is 7.05 Å². The molecule has 1 heterocycles. The summed E-state index contributed by atoms with van der Waals surface area (Å²) in [6.45, 7) is 2.16. The summed E-state index contributed by atoms with van der Waals surface area (Å²) in [6, 6.07) is 8.35. The Kier molecular flexibility index (Phi) is 1.61. The molecule has 62 valence electrons. The van der Waals surface area contributed by atoms with E-state index >= 15 is 0 Å². The number of nitrogens with one attached hydrogen (secondary N) is 1. The van der Waals surface area contributed by atoms with Crippen molar-refractivity contribution in [3.8, 4) is 0 Å². The number of aromatic nitrogens is 2. The topological polar surface area (TPSA) is 19.7 Å². The molecule has 0 aliphatic carbocycles. The number of aryl methyl sites for hydroxylation is 2. The van der Waals surface area contributed by atoms with Crippen molar-refractivity contribution in [2.75, 3.05) is 0 Å². The van der Waals surface area contributed by atoms with Crippen molar-refractivity contribution in [1.29, 1.82) is 0 Å². The number of para-hydroxylation sites is 2. The fourth-order valence-corrected chi connectivity index (χ4v) is 1.58. The maximum atomic E-state index is 3.38. The van der Waals surface area contributed by atoms with Gasteiger partial charge in [0.25, 0.3) is 5.82 Å². The molecule has 1 aromatic heterocycles. The monoisotopic (exact) mass is 161 g/mol. The first-order chi connectivity index (χ1) is 5.83. The van der Waals surface area contributed by atoms with Gasteiger partial charge in [-0.15, -0.1) is 0 Å². The van der Waals surface area contributed by atoms with Crippen molar-refractivity contribution in [3.63, 3.8) is 0 Å². The third-order valence-corrected chi connectivity index (χ3v) is 2.28. The second-order valence-electron chi connectivity index (χ2n) is 3.00. The highest BCUT2D eigenvalue weighted by Crippen LogP contribution is 2.07. The van der Waals surface area contributed by atoms with Gasteiger partial charge in [-0.25, -0.2) is 9.55 Å². The van der Waals surface area contributed by atoms with Crippen LogP contribution in [0.25, 0.3) is 11.0 Å². The average molecular weight is 161 g/mol. The van der Waals surface area contributed by atoms with E-state index < -0.39 is 0 Å². The molecule has 2 heteroatoms. The van der Waals surface area contributed by atoms with Crippen molar-refractivity contribution in [2.24, 2.45) is 7.05 Å². The van der Waals surface area contributed by atoms with Crippen LogP contribution < -0.4 is 4.57 Å². The second kappa shape index (κ2) is 2.63. The number of hydrogen-bond acceptors (Lipinski definition) is 0. The summed E-state index contributed by atoms with van der Waals surface area (Å²) in [5.41, 5.74) is 2.49. The van der Waals surface area contributed by atoms with Crippen molar-refractivity contribution >= 4 is 11.0 Å². The van der Waals surface area contributed by atoms with E-state index in [4.69, 9.17) is 0 Å². The van der Waals surface area contributed by atoms with Crippen LogP contribution in [0.5, 0.6) is 0 Å². The Bertz CT molecular complexity index is 401. The Morgan fingerprint density at radius 2 is 2.08 bits per heavy atom. The minimum atomic E-state index is 1.05. The highest BCUT2D eigenvalue weighted by molar-refractivity contribution is 5.70. The van der Waals surface area contributed by atoms with Crippen LogP contribution in [0.3, 0.4) is 0 Å². The summed E-state index contributed by atoms with van der Waals surface area (Å²) in [7, 11) is 2.09. The maximum absolute atomic E-state index is 3.38. The zero-order valence-corrected chi connectivity index (χ0v) is 7.46. The Hall–Kier alpha value is -1.31. The first-order valence-corrected chi connectivity index (χ1v) is 4.28. The Morgan fingerprint density at radius 1 is 1.33 bits per heavy atom. The van der Waals surface area contributed by atoms with E-state index in [2.05, 4.69) is 47.8 Å². The molecule has 12 heavy (non-hydrogen) atoms. The predicted octanol–water partition coefficient (Wildman–Crippen LogP) is 1.55. The first kappa shape index (κ1) is 7.35. The third kappa shape index (κ3) is 0.916. The van der Waals surface area contributed by atoms with Gasteiger partial charge in [-0.2, -0.15) is 0 Å². The molecule has 0 amide bonds. The van der Waals surface area contributed by atoms with Gasteiger partial charge in [0, 0.05) is 6.42 Å². The predicted molar refractivity (Wildman–Crippen MR) is 48.9 cm³/mol. The van der Waals surface area contributed by atoms with E-state index in [0.717, 1.165) is 6.42 Å². The zero-order chi connectivity index (χ0) is 8.55. The van der Waals surface area contributed by atoms with Gasteiger partial charge in [-0.05, 0) is 12.1 Å². The minimum Gasteiger partial charge on any atom is -0.241 e. The van der Waals surface area contributed by atoms with Gasteiger partial charge in [-0.3, -0.25) is 0 Å². The molecule has 2 rings (SSSR count). The number of nitrogens with zero attached hydrogens (tertiary/aromatic N) is 1. The molecule has 0 fully saturated rings. The quantitative estimate of drug-likeness (QED) is 0.612. The number of hydrogen-bond donors (Lipinski definition) is 1. The molecular weight excluding hydrogens is 148 g/mol. The highest BCUT2D eigenvalue weighted by atomic mass is 15.1. The smallest absolute Gasteiger partial charge is 0.241 e. The molecular formula is C10H13N2+. The van der Waals surface area contributed by atoms with Crippen LogP contribution in [-0.2, 0) is 13.5 Å². The normalized spacial score (nSPS) is 10.8. The molecule has 0 saturated carbocycles. The summed E-state index contributed by atoms with van der Waals surface area (Å²) < 4.78 is 2.20. The van der Waals surface area contributed by atoms with Crippen LogP contribution in [0.4, 0.5) is 0 Å². The van der Waals surface area contributed by atoms with Crippen molar-refractivity contribution < 1.29 is 4.57 Å². The molecule has 1 N–H and O–H groups in total. The van der Waals surface area contributed by atoms with Gasteiger partial charge in [0.1, 0.15) is 0 Å². The molecule has 0 atom stereocenters.